The van der Waals surface area contributed by atoms with E-state index in [0.29, 0.717) is 17.2 Å². The Morgan fingerprint density at radius 3 is 2.47 bits per heavy atom. The van der Waals surface area contributed by atoms with Gasteiger partial charge in [-0.25, -0.2) is 0 Å². The number of anilines is 1. The first-order valence-corrected chi connectivity index (χ1v) is 5.80. The number of rotatable bonds is 3. The molecule has 0 spiro atoms. The first-order valence-electron chi connectivity index (χ1n) is 4.46. The average molecular weight is 262 g/mol. The number of hydrogen-bond acceptors (Lipinski definition) is 8. The van der Waals surface area contributed by atoms with Crippen LogP contribution in [0.15, 0.2) is 18.2 Å². The van der Waals surface area contributed by atoms with Crippen LogP contribution in [0.1, 0.15) is 0 Å². The van der Waals surface area contributed by atoms with Crippen LogP contribution in [0.4, 0.5) is 5.69 Å². The molecule has 94 valence electrons. The van der Waals surface area contributed by atoms with Crippen molar-refractivity contribution in [3.8, 4) is 11.5 Å². The molecule has 1 aliphatic heterocycles. The Morgan fingerprint density at radius 1 is 1.24 bits per heavy atom. The van der Waals surface area contributed by atoms with Crippen molar-refractivity contribution in [3.63, 3.8) is 0 Å². The number of benzene rings is 1. The molecule has 1 aromatic carbocycles. The summed E-state index contributed by atoms with van der Waals surface area (Å²) in [7, 11) is -1.07. The van der Waals surface area contributed by atoms with E-state index in [1.807, 2.05) is 0 Å². The molecule has 9 heteroatoms. The third kappa shape index (κ3) is 2.42. The van der Waals surface area contributed by atoms with Crippen molar-refractivity contribution in [2.45, 2.75) is 0 Å². The monoisotopic (exact) mass is 262 g/mol. The molecule has 0 unspecified atom stereocenters. The summed E-state index contributed by atoms with van der Waals surface area (Å²) < 4.78 is 40.6. The van der Waals surface area contributed by atoms with Crippen LogP contribution in [-0.2, 0) is 19.0 Å². The molecule has 0 saturated carbocycles. The number of nitrogens with one attached hydrogen (secondary N) is 1. The Labute approximate surface area is 97.8 Å². The quantitative estimate of drug-likeness (QED) is 0.823. The minimum atomic E-state index is -4.04. The Hall–Kier alpha value is -1.55. The summed E-state index contributed by atoms with van der Waals surface area (Å²) in [4.78, 5) is 0. The summed E-state index contributed by atoms with van der Waals surface area (Å²) in [6.07, 6.45) is 0. The van der Waals surface area contributed by atoms with Crippen molar-refractivity contribution < 1.29 is 26.5 Å². The van der Waals surface area contributed by atoms with Gasteiger partial charge in [0.25, 0.3) is 0 Å². The van der Waals surface area contributed by atoms with Gasteiger partial charge in [-0.3, -0.25) is 0 Å². The van der Waals surface area contributed by atoms with Crippen LogP contribution in [0.5, 0.6) is 11.5 Å². The number of methoxy groups -OCH3 is 2. The maximum absolute atomic E-state index is 10.9. The lowest BCUT2D eigenvalue weighted by Crippen LogP contribution is -2.28. The third-order valence-electron chi connectivity index (χ3n) is 1.99. The first-order chi connectivity index (χ1) is 8.05. The molecule has 1 heterocycles. The Morgan fingerprint density at radius 2 is 1.94 bits per heavy atom. The van der Waals surface area contributed by atoms with Crippen molar-refractivity contribution in [2.24, 2.45) is 0 Å². The van der Waals surface area contributed by atoms with E-state index in [1.165, 1.54) is 20.3 Å². The number of hydrazine groups is 1. The van der Waals surface area contributed by atoms with Gasteiger partial charge in [0, 0.05) is 6.07 Å². The van der Waals surface area contributed by atoms with Crippen LogP contribution in [-0.4, -0.2) is 22.6 Å². The molecular weight excluding hydrogens is 252 g/mol. The van der Waals surface area contributed by atoms with Gasteiger partial charge in [0.2, 0.25) is 0 Å². The van der Waals surface area contributed by atoms with E-state index < -0.39 is 10.4 Å². The summed E-state index contributed by atoms with van der Waals surface area (Å²) in [5.41, 5.74) is 2.46. The molecule has 1 fully saturated rings. The van der Waals surface area contributed by atoms with Crippen molar-refractivity contribution >= 4 is 16.1 Å². The van der Waals surface area contributed by atoms with E-state index in [2.05, 4.69) is 14.2 Å². The SMILES string of the molecule is COc1ccc(N2NOS(=O)(=O)O2)cc1OC. The highest BCUT2D eigenvalue weighted by Gasteiger charge is 2.29. The lowest BCUT2D eigenvalue weighted by atomic mass is 10.3. The summed E-state index contributed by atoms with van der Waals surface area (Å²) >= 11 is 0. The van der Waals surface area contributed by atoms with Crippen LogP contribution < -0.4 is 20.2 Å². The van der Waals surface area contributed by atoms with Crippen LogP contribution in [0.3, 0.4) is 0 Å². The second kappa shape index (κ2) is 4.37. The highest BCUT2D eigenvalue weighted by molar-refractivity contribution is 7.82. The Bertz CT molecular complexity index is 517. The smallest absolute Gasteiger partial charge is 0.440 e. The van der Waals surface area contributed by atoms with Crippen molar-refractivity contribution in [1.29, 1.82) is 0 Å². The largest absolute Gasteiger partial charge is 0.493 e. The molecule has 0 aliphatic carbocycles. The zero-order valence-corrected chi connectivity index (χ0v) is 9.85. The Kier molecular flexibility index (Phi) is 3.07. The number of hydrogen-bond donors (Lipinski definition) is 1. The van der Waals surface area contributed by atoms with Crippen molar-refractivity contribution in [2.75, 3.05) is 19.4 Å². The predicted molar refractivity (Wildman–Crippen MR) is 56.3 cm³/mol. The van der Waals surface area contributed by atoms with Gasteiger partial charge in [0.15, 0.2) is 11.5 Å². The van der Waals surface area contributed by atoms with E-state index in [9.17, 15) is 8.42 Å². The number of ether oxygens (including phenoxy) is 2. The zero-order chi connectivity index (χ0) is 12.5. The average Bonchev–Trinajstić information content (AvgIpc) is 2.68. The molecule has 0 radical (unpaired) electrons. The second-order valence-corrected chi connectivity index (χ2v) is 4.12. The molecule has 1 aromatic rings. The summed E-state index contributed by atoms with van der Waals surface area (Å²) in [5, 5.41) is 0.845. The van der Waals surface area contributed by atoms with Gasteiger partial charge in [-0.1, -0.05) is 5.59 Å². The molecule has 1 aliphatic rings. The molecule has 1 N–H and O–H groups in total. The van der Waals surface area contributed by atoms with E-state index >= 15 is 0 Å². The van der Waals surface area contributed by atoms with E-state index in [0.717, 1.165) is 5.17 Å². The van der Waals surface area contributed by atoms with Gasteiger partial charge in [0.1, 0.15) is 0 Å². The third-order valence-corrected chi connectivity index (χ3v) is 2.60. The van der Waals surface area contributed by atoms with E-state index in [-0.39, 0.29) is 0 Å². The van der Waals surface area contributed by atoms with Gasteiger partial charge in [-0.2, -0.15) is 8.42 Å². The number of nitrogens with zero attached hydrogens (tertiary/aromatic N) is 1. The highest BCUT2D eigenvalue weighted by atomic mass is 32.3. The minimum absolute atomic E-state index is 0.378. The van der Waals surface area contributed by atoms with E-state index in [1.54, 1.807) is 12.1 Å². The molecule has 0 amide bonds. The van der Waals surface area contributed by atoms with Crippen molar-refractivity contribution in [3.05, 3.63) is 18.2 Å². The highest BCUT2D eigenvalue weighted by Crippen LogP contribution is 2.32. The molecule has 0 atom stereocenters. The molecule has 2 rings (SSSR count). The van der Waals surface area contributed by atoms with Gasteiger partial charge >= 0.3 is 10.4 Å². The van der Waals surface area contributed by atoms with Crippen LogP contribution in [0, 0.1) is 0 Å². The first kappa shape index (κ1) is 11.9. The zero-order valence-electron chi connectivity index (χ0n) is 9.04. The maximum Gasteiger partial charge on any atom is 0.440 e. The standard InChI is InChI=1S/C8H10N2O6S/c1-13-7-4-3-6(5-8(7)14-2)10-9-15-17(11,12)16-10/h3-5,9H,1-2H3. The molecule has 0 bridgehead atoms. The second-order valence-electron chi connectivity index (χ2n) is 2.99. The van der Waals surface area contributed by atoms with Crippen LogP contribution in [0.25, 0.3) is 0 Å². The Balaban J connectivity index is 2.28. The fourth-order valence-electron chi connectivity index (χ4n) is 1.25. The van der Waals surface area contributed by atoms with Gasteiger partial charge < -0.3 is 9.47 Å². The fourth-order valence-corrected chi connectivity index (χ4v) is 1.74. The van der Waals surface area contributed by atoms with Crippen LogP contribution >= 0.6 is 0 Å². The summed E-state index contributed by atoms with van der Waals surface area (Å²) in [6.45, 7) is 0. The van der Waals surface area contributed by atoms with Crippen molar-refractivity contribution in [1.82, 2.24) is 5.59 Å². The predicted octanol–water partition coefficient (Wildman–Crippen LogP) is 0.136. The van der Waals surface area contributed by atoms with E-state index in [4.69, 9.17) is 9.47 Å². The topological polar surface area (TPSA) is 86.3 Å². The van der Waals surface area contributed by atoms with Gasteiger partial charge in [-0.15, -0.1) is 13.7 Å². The fraction of sp³-hybridized carbons (Fsp3) is 0.250. The minimum Gasteiger partial charge on any atom is -0.493 e. The summed E-state index contributed by atoms with van der Waals surface area (Å²) in [6, 6.07) is 4.69. The molecule has 0 aromatic heterocycles. The van der Waals surface area contributed by atoms with Crippen LogP contribution in [0.2, 0.25) is 0 Å². The molecule has 8 nitrogen and oxygen atoms in total. The summed E-state index contributed by atoms with van der Waals surface area (Å²) in [5.74, 6) is 0.943. The molecule has 17 heavy (non-hydrogen) atoms. The lowest BCUT2D eigenvalue weighted by Gasteiger charge is -2.13. The molecular formula is C8H10N2O6S. The molecule has 1 saturated heterocycles. The maximum atomic E-state index is 10.9. The normalized spacial score (nSPS) is 18.1. The van der Waals surface area contributed by atoms with Gasteiger partial charge in [0.05, 0.1) is 19.9 Å². The lowest BCUT2D eigenvalue weighted by molar-refractivity contribution is 0.198. The van der Waals surface area contributed by atoms with Gasteiger partial charge in [-0.05, 0) is 12.1 Å².